The van der Waals surface area contributed by atoms with Gasteiger partial charge in [-0.05, 0) is 12.8 Å². The van der Waals surface area contributed by atoms with Crippen molar-refractivity contribution < 1.29 is 19.1 Å². The Kier molecular flexibility index (Phi) is 5.45. The van der Waals surface area contributed by atoms with Crippen molar-refractivity contribution in [2.45, 2.75) is 52.0 Å². The average Bonchev–Trinajstić information content (AvgIpc) is 2.63. The Morgan fingerprint density at radius 1 is 0.962 bits per heavy atom. The molecule has 0 atom stereocenters. The van der Waals surface area contributed by atoms with Crippen LogP contribution >= 0.6 is 0 Å². The smallest absolute Gasteiger partial charge is 0.308 e. The van der Waals surface area contributed by atoms with Crippen molar-refractivity contribution in [1.29, 1.82) is 0 Å². The summed E-state index contributed by atoms with van der Waals surface area (Å²) in [7, 11) is 2.08. The molecule has 1 fully saturated rings. The first-order valence-electron chi connectivity index (χ1n) is 9.12. The van der Waals surface area contributed by atoms with E-state index in [9.17, 15) is 9.59 Å². The molecule has 0 radical (unpaired) electrons. The van der Waals surface area contributed by atoms with Crippen molar-refractivity contribution in [1.82, 2.24) is 0 Å². The van der Waals surface area contributed by atoms with E-state index in [-0.39, 0.29) is 5.75 Å². The SMILES string of the molecule is CC(=O)Oc1cc(N(C)C2CCCCC2)c2ccccc2c1OC(C)=O. The number of carbonyl (C=O) groups is 2. The van der Waals surface area contributed by atoms with Crippen molar-refractivity contribution in [3.8, 4) is 11.5 Å². The average molecular weight is 355 g/mol. The van der Waals surface area contributed by atoms with Crippen molar-refractivity contribution in [3.63, 3.8) is 0 Å². The summed E-state index contributed by atoms with van der Waals surface area (Å²) >= 11 is 0. The molecule has 2 aromatic rings. The molecular formula is C21H25NO4. The second kappa shape index (κ2) is 7.77. The maximum atomic E-state index is 11.6. The van der Waals surface area contributed by atoms with E-state index in [1.54, 1.807) is 0 Å². The van der Waals surface area contributed by atoms with Crippen LogP contribution in [-0.2, 0) is 9.59 Å². The third-order valence-electron chi connectivity index (χ3n) is 4.94. The topological polar surface area (TPSA) is 55.8 Å². The number of rotatable bonds is 4. The predicted molar refractivity (Wildman–Crippen MR) is 102 cm³/mol. The monoisotopic (exact) mass is 355 g/mol. The molecular weight excluding hydrogens is 330 g/mol. The lowest BCUT2D eigenvalue weighted by Crippen LogP contribution is -2.33. The van der Waals surface area contributed by atoms with E-state index >= 15 is 0 Å². The summed E-state index contributed by atoms with van der Waals surface area (Å²) in [4.78, 5) is 25.5. The maximum absolute atomic E-state index is 11.6. The van der Waals surface area contributed by atoms with E-state index in [2.05, 4.69) is 11.9 Å². The molecule has 0 N–H and O–H groups in total. The number of benzene rings is 2. The van der Waals surface area contributed by atoms with Crippen molar-refractivity contribution in [2.24, 2.45) is 0 Å². The summed E-state index contributed by atoms with van der Waals surface area (Å²) in [5.74, 6) is -0.315. The van der Waals surface area contributed by atoms with Crippen LogP contribution in [-0.4, -0.2) is 25.0 Å². The van der Waals surface area contributed by atoms with E-state index in [4.69, 9.17) is 9.47 Å². The largest absolute Gasteiger partial charge is 0.423 e. The van der Waals surface area contributed by atoms with Gasteiger partial charge in [-0.3, -0.25) is 9.59 Å². The molecule has 0 heterocycles. The fraction of sp³-hybridized carbons (Fsp3) is 0.429. The van der Waals surface area contributed by atoms with Crippen molar-refractivity contribution in [3.05, 3.63) is 30.3 Å². The van der Waals surface area contributed by atoms with Gasteiger partial charge in [-0.15, -0.1) is 0 Å². The van der Waals surface area contributed by atoms with Crippen LogP contribution < -0.4 is 14.4 Å². The fourth-order valence-electron chi connectivity index (χ4n) is 3.74. The molecule has 0 spiro atoms. The van der Waals surface area contributed by atoms with Gasteiger partial charge in [0.1, 0.15) is 0 Å². The molecule has 5 heteroatoms. The summed E-state index contributed by atoms with van der Waals surface area (Å²) in [5, 5.41) is 1.74. The standard InChI is InChI=1S/C21H25NO4/c1-14(23)25-20-13-19(22(3)16-9-5-4-6-10-16)17-11-7-8-12-18(17)21(20)26-15(2)24/h7-8,11-13,16H,4-6,9-10H2,1-3H3. The Labute approximate surface area is 153 Å². The number of anilines is 1. The van der Waals surface area contributed by atoms with Crippen LogP contribution in [0.5, 0.6) is 11.5 Å². The van der Waals surface area contributed by atoms with E-state index in [0.717, 1.165) is 29.3 Å². The second-order valence-electron chi connectivity index (χ2n) is 6.86. The molecule has 0 aromatic heterocycles. The Hall–Kier alpha value is -2.56. The highest BCUT2D eigenvalue weighted by atomic mass is 16.6. The normalized spacial score (nSPS) is 14.9. The zero-order valence-electron chi connectivity index (χ0n) is 15.6. The number of esters is 2. The van der Waals surface area contributed by atoms with E-state index in [1.807, 2.05) is 30.3 Å². The van der Waals surface area contributed by atoms with Gasteiger partial charge in [-0.25, -0.2) is 0 Å². The zero-order valence-corrected chi connectivity index (χ0v) is 15.6. The minimum Gasteiger partial charge on any atom is -0.423 e. The highest BCUT2D eigenvalue weighted by Crippen LogP contribution is 2.43. The van der Waals surface area contributed by atoms with Gasteiger partial charge in [0.25, 0.3) is 0 Å². The number of hydrogen-bond acceptors (Lipinski definition) is 5. The Morgan fingerprint density at radius 3 is 2.19 bits per heavy atom. The number of nitrogens with zero attached hydrogens (tertiary/aromatic N) is 1. The van der Waals surface area contributed by atoms with E-state index in [0.29, 0.717) is 11.8 Å². The van der Waals surface area contributed by atoms with Crippen LogP contribution in [0.3, 0.4) is 0 Å². The molecule has 2 aromatic carbocycles. The van der Waals surface area contributed by atoms with Crippen LogP contribution in [0.2, 0.25) is 0 Å². The van der Waals surface area contributed by atoms with E-state index in [1.165, 1.54) is 33.1 Å². The molecule has 26 heavy (non-hydrogen) atoms. The third-order valence-corrected chi connectivity index (χ3v) is 4.94. The molecule has 0 saturated heterocycles. The van der Waals surface area contributed by atoms with Gasteiger partial charge in [0.2, 0.25) is 0 Å². The molecule has 1 aliphatic rings. The van der Waals surface area contributed by atoms with Gasteiger partial charge in [-0.2, -0.15) is 0 Å². The molecule has 1 saturated carbocycles. The van der Waals surface area contributed by atoms with Gasteiger partial charge in [0.15, 0.2) is 11.5 Å². The Morgan fingerprint density at radius 2 is 1.58 bits per heavy atom. The quantitative estimate of drug-likeness (QED) is 0.599. The van der Waals surface area contributed by atoms with Gasteiger partial charge in [0.05, 0.1) is 0 Å². The molecule has 0 bridgehead atoms. The highest BCUT2D eigenvalue weighted by Gasteiger charge is 2.24. The first kappa shape index (κ1) is 18.2. The van der Waals surface area contributed by atoms with Crippen LogP contribution in [0.25, 0.3) is 10.8 Å². The van der Waals surface area contributed by atoms with Crippen LogP contribution in [0.4, 0.5) is 5.69 Å². The van der Waals surface area contributed by atoms with Crippen molar-refractivity contribution >= 4 is 28.4 Å². The lowest BCUT2D eigenvalue weighted by atomic mass is 9.93. The lowest BCUT2D eigenvalue weighted by Gasteiger charge is -2.34. The van der Waals surface area contributed by atoms with Crippen LogP contribution in [0, 0.1) is 0 Å². The molecule has 0 aliphatic heterocycles. The minimum atomic E-state index is -0.447. The van der Waals surface area contributed by atoms with Gasteiger partial charge in [-0.1, -0.05) is 43.5 Å². The first-order chi connectivity index (χ1) is 12.5. The summed E-state index contributed by atoms with van der Waals surface area (Å²) in [5.41, 5.74) is 0.986. The maximum Gasteiger partial charge on any atom is 0.308 e. The molecule has 1 aliphatic carbocycles. The second-order valence-corrected chi connectivity index (χ2v) is 6.86. The Bertz CT molecular complexity index is 824. The molecule has 0 unspecified atom stereocenters. The summed E-state index contributed by atoms with van der Waals surface area (Å²) in [6.45, 7) is 2.69. The van der Waals surface area contributed by atoms with Crippen LogP contribution in [0.15, 0.2) is 30.3 Å². The van der Waals surface area contributed by atoms with Gasteiger partial charge < -0.3 is 14.4 Å². The Balaban J connectivity index is 2.15. The number of hydrogen-bond donors (Lipinski definition) is 0. The predicted octanol–water partition coefficient (Wildman–Crippen LogP) is 4.46. The molecule has 5 nitrogen and oxygen atoms in total. The van der Waals surface area contributed by atoms with Gasteiger partial charge in [0, 0.05) is 49.5 Å². The summed E-state index contributed by atoms with van der Waals surface area (Å²) in [6, 6.07) is 10.0. The summed E-state index contributed by atoms with van der Waals surface area (Å²) in [6.07, 6.45) is 6.05. The summed E-state index contributed by atoms with van der Waals surface area (Å²) < 4.78 is 10.8. The van der Waals surface area contributed by atoms with Gasteiger partial charge >= 0.3 is 11.9 Å². The first-order valence-corrected chi connectivity index (χ1v) is 9.12. The third kappa shape index (κ3) is 3.82. The van der Waals surface area contributed by atoms with E-state index < -0.39 is 11.9 Å². The minimum absolute atomic E-state index is 0.282. The number of carbonyl (C=O) groups excluding carboxylic acids is 2. The lowest BCUT2D eigenvalue weighted by molar-refractivity contribution is -0.134. The van der Waals surface area contributed by atoms with Crippen molar-refractivity contribution in [2.75, 3.05) is 11.9 Å². The number of ether oxygens (including phenoxy) is 2. The molecule has 3 rings (SSSR count). The fourth-order valence-corrected chi connectivity index (χ4v) is 3.74. The highest BCUT2D eigenvalue weighted by molar-refractivity contribution is 6.02. The molecule has 138 valence electrons. The zero-order chi connectivity index (χ0) is 18.7. The molecule has 0 amide bonds. The van der Waals surface area contributed by atoms with Crippen LogP contribution in [0.1, 0.15) is 46.0 Å². The number of fused-ring (bicyclic) bond motifs is 1.